The molecule has 3 aliphatic rings. The molecule has 0 bridgehead atoms. The average molecular weight is 405 g/mol. The van der Waals surface area contributed by atoms with Crippen LogP contribution in [0.4, 0.5) is 5.69 Å². The Morgan fingerprint density at radius 2 is 1.80 bits per heavy atom. The number of nitrogens with zero attached hydrogens (tertiary/aromatic N) is 1. The summed E-state index contributed by atoms with van der Waals surface area (Å²) < 4.78 is 11.9. The normalized spacial score (nSPS) is 28.9. The minimum Gasteiger partial charge on any atom is -0.478 e. The molecule has 1 fully saturated rings. The van der Waals surface area contributed by atoms with Gasteiger partial charge in [-0.15, -0.1) is 0 Å². The number of fused-ring (bicyclic) bond motifs is 3. The molecule has 1 aliphatic carbocycles. The van der Waals surface area contributed by atoms with E-state index in [4.69, 9.17) is 9.47 Å². The Balaban J connectivity index is 1.65. The molecule has 2 aromatic carbocycles. The van der Waals surface area contributed by atoms with Crippen molar-refractivity contribution in [1.82, 2.24) is 0 Å². The lowest BCUT2D eigenvalue weighted by Crippen LogP contribution is -2.50. The summed E-state index contributed by atoms with van der Waals surface area (Å²) in [5, 5.41) is 10.1. The fraction of sp³-hybridized carbons (Fsp3) is 0.333. The van der Waals surface area contributed by atoms with E-state index in [0.29, 0.717) is 12.1 Å². The van der Waals surface area contributed by atoms with E-state index in [2.05, 4.69) is 0 Å². The van der Waals surface area contributed by atoms with Crippen molar-refractivity contribution in [3.63, 3.8) is 0 Å². The van der Waals surface area contributed by atoms with Crippen LogP contribution < -0.4 is 4.90 Å². The zero-order chi connectivity index (χ0) is 21.1. The minimum atomic E-state index is -1.29. The lowest BCUT2D eigenvalue weighted by Gasteiger charge is -2.36. The molecule has 0 saturated carbocycles. The van der Waals surface area contributed by atoms with E-state index in [1.54, 1.807) is 24.8 Å². The highest BCUT2D eigenvalue weighted by atomic mass is 16.7. The molecule has 3 atom stereocenters. The Bertz CT molecular complexity index is 1060. The Morgan fingerprint density at radius 1 is 1.10 bits per heavy atom. The molecule has 1 amide bonds. The Hall–Kier alpha value is -2.96. The number of carbonyl (C=O) groups is 2. The fourth-order valence-electron chi connectivity index (χ4n) is 5.04. The van der Waals surface area contributed by atoms with E-state index < -0.39 is 29.4 Å². The van der Waals surface area contributed by atoms with Crippen molar-refractivity contribution in [2.75, 3.05) is 4.90 Å². The van der Waals surface area contributed by atoms with Crippen molar-refractivity contribution >= 4 is 17.6 Å². The molecule has 0 unspecified atom stereocenters. The summed E-state index contributed by atoms with van der Waals surface area (Å²) in [6.45, 7) is 3.99. The zero-order valence-electron chi connectivity index (χ0n) is 16.9. The van der Waals surface area contributed by atoms with Crippen molar-refractivity contribution in [2.24, 2.45) is 0 Å². The van der Waals surface area contributed by atoms with Gasteiger partial charge in [-0.1, -0.05) is 48.5 Å². The second-order valence-corrected chi connectivity index (χ2v) is 8.53. The number of carbonyl (C=O) groups excluding carboxylic acids is 1. The number of benzene rings is 2. The highest BCUT2D eigenvalue weighted by molar-refractivity contribution is 6.15. The molecule has 30 heavy (non-hydrogen) atoms. The third-order valence-corrected chi connectivity index (χ3v) is 6.20. The number of hydrogen-bond donors (Lipinski definition) is 1. The Labute approximate surface area is 174 Å². The maximum atomic E-state index is 13.9. The van der Waals surface area contributed by atoms with Gasteiger partial charge < -0.3 is 19.5 Å². The fourth-order valence-corrected chi connectivity index (χ4v) is 5.04. The van der Waals surface area contributed by atoms with Crippen molar-refractivity contribution in [1.29, 1.82) is 0 Å². The van der Waals surface area contributed by atoms with Gasteiger partial charge in [0.05, 0.1) is 18.2 Å². The second kappa shape index (κ2) is 6.52. The molecule has 1 spiro atoms. The van der Waals surface area contributed by atoms with Crippen LogP contribution >= 0.6 is 0 Å². The molecule has 6 nitrogen and oxygen atoms in total. The third kappa shape index (κ3) is 2.71. The van der Waals surface area contributed by atoms with Gasteiger partial charge in [-0.3, -0.25) is 4.79 Å². The van der Waals surface area contributed by atoms with Gasteiger partial charge in [-0.2, -0.15) is 0 Å². The van der Waals surface area contributed by atoms with E-state index in [0.717, 1.165) is 11.3 Å². The summed E-state index contributed by atoms with van der Waals surface area (Å²) in [5.74, 6) is -2.16. The van der Waals surface area contributed by atoms with Crippen LogP contribution in [0.5, 0.6) is 0 Å². The summed E-state index contributed by atoms with van der Waals surface area (Å²) in [7, 11) is 0. The van der Waals surface area contributed by atoms with E-state index >= 15 is 0 Å². The molecule has 2 aliphatic heterocycles. The standard InChI is InChI=1S/C24H23NO5/c1-23(2)29-19-12-17(21(26)27)24(13-20(19)30-23)16-10-6-7-11-18(16)25(22(24)28)14-15-8-4-3-5-9-15/h3-12,19-20H,13-14H2,1-2H3,(H,26,27)/t19-,20-,24-/m1/s1. The largest absolute Gasteiger partial charge is 0.478 e. The first-order valence-electron chi connectivity index (χ1n) is 10.1. The maximum Gasteiger partial charge on any atom is 0.332 e. The quantitative estimate of drug-likeness (QED) is 0.847. The van der Waals surface area contributed by atoms with Crippen molar-refractivity contribution in [3.05, 3.63) is 77.4 Å². The topological polar surface area (TPSA) is 76.1 Å². The van der Waals surface area contributed by atoms with Gasteiger partial charge in [0.15, 0.2) is 5.79 Å². The van der Waals surface area contributed by atoms with E-state index in [1.807, 2.05) is 54.6 Å². The van der Waals surface area contributed by atoms with Gasteiger partial charge in [-0.25, -0.2) is 4.79 Å². The summed E-state index contributed by atoms with van der Waals surface area (Å²) in [6.07, 6.45) is 0.934. The lowest BCUT2D eigenvalue weighted by atomic mass is 9.67. The molecular weight excluding hydrogens is 382 g/mol. The SMILES string of the molecule is CC1(C)O[C@@H]2C=C(C(=O)O)[C@]3(C[C@H]2O1)C(=O)N(Cc1ccccc1)c1ccccc13. The average Bonchev–Trinajstić information content (AvgIpc) is 3.14. The Kier molecular flexibility index (Phi) is 4.14. The van der Waals surface area contributed by atoms with Crippen LogP contribution in [-0.4, -0.2) is 35.0 Å². The summed E-state index contributed by atoms with van der Waals surface area (Å²) in [4.78, 5) is 28.0. The summed E-state index contributed by atoms with van der Waals surface area (Å²) >= 11 is 0. The summed E-state index contributed by atoms with van der Waals surface area (Å²) in [6, 6.07) is 17.2. The monoisotopic (exact) mass is 405 g/mol. The maximum absolute atomic E-state index is 13.9. The van der Waals surface area contributed by atoms with Gasteiger partial charge in [0.1, 0.15) is 11.5 Å². The van der Waals surface area contributed by atoms with Crippen LogP contribution in [0.2, 0.25) is 0 Å². The third-order valence-electron chi connectivity index (χ3n) is 6.20. The number of anilines is 1. The molecule has 6 heteroatoms. The molecule has 0 radical (unpaired) electrons. The van der Waals surface area contributed by atoms with E-state index in [1.165, 1.54) is 0 Å². The molecule has 0 aromatic heterocycles. The number of hydrogen-bond acceptors (Lipinski definition) is 4. The summed E-state index contributed by atoms with van der Waals surface area (Å²) in [5.41, 5.74) is 1.22. The van der Waals surface area contributed by atoms with Crippen molar-refractivity contribution < 1.29 is 24.2 Å². The van der Waals surface area contributed by atoms with E-state index in [-0.39, 0.29) is 17.9 Å². The zero-order valence-corrected chi connectivity index (χ0v) is 16.9. The highest BCUT2D eigenvalue weighted by Crippen LogP contribution is 2.54. The van der Waals surface area contributed by atoms with Crippen LogP contribution in [0, 0.1) is 0 Å². The molecule has 1 saturated heterocycles. The molecule has 5 rings (SSSR count). The number of para-hydroxylation sites is 1. The number of ether oxygens (including phenoxy) is 2. The van der Waals surface area contributed by atoms with Gasteiger partial charge in [0, 0.05) is 5.69 Å². The number of rotatable bonds is 3. The molecular formula is C24H23NO5. The first-order chi connectivity index (χ1) is 14.3. The van der Waals surface area contributed by atoms with Gasteiger partial charge >= 0.3 is 5.97 Å². The van der Waals surface area contributed by atoms with Crippen LogP contribution in [0.25, 0.3) is 0 Å². The van der Waals surface area contributed by atoms with Crippen LogP contribution in [-0.2, 0) is 31.0 Å². The number of carboxylic acid groups (broad SMARTS) is 1. The highest BCUT2D eigenvalue weighted by Gasteiger charge is 2.61. The molecule has 1 N–H and O–H groups in total. The first-order valence-corrected chi connectivity index (χ1v) is 10.1. The van der Waals surface area contributed by atoms with E-state index in [9.17, 15) is 14.7 Å². The molecule has 2 heterocycles. The van der Waals surface area contributed by atoms with Gasteiger partial charge in [0.2, 0.25) is 5.91 Å². The van der Waals surface area contributed by atoms with Crippen LogP contribution in [0.15, 0.2) is 66.2 Å². The number of carboxylic acids is 1. The minimum absolute atomic E-state index is 0.0676. The molecule has 154 valence electrons. The van der Waals surface area contributed by atoms with Crippen molar-refractivity contribution in [3.8, 4) is 0 Å². The first kappa shape index (κ1) is 19.0. The van der Waals surface area contributed by atoms with Crippen LogP contribution in [0.1, 0.15) is 31.4 Å². The Morgan fingerprint density at radius 3 is 2.53 bits per heavy atom. The predicted molar refractivity (Wildman–Crippen MR) is 110 cm³/mol. The predicted octanol–water partition coefficient (Wildman–Crippen LogP) is 3.41. The molecule has 2 aromatic rings. The van der Waals surface area contributed by atoms with Crippen molar-refractivity contribution in [2.45, 2.75) is 50.2 Å². The van der Waals surface area contributed by atoms with Gasteiger partial charge in [-0.05, 0) is 43.5 Å². The number of aliphatic carboxylic acids is 1. The second-order valence-electron chi connectivity index (χ2n) is 8.53. The lowest BCUT2D eigenvalue weighted by molar-refractivity contribution is -0.145. The van der Waals surface area contributed by atoms with Crippen LogP contribution in [0.3, 0.4) is 0 Å². The van der Waals surface area contributed by atoms with Gasteiger partial charge in [0.25, 0.3) is 0 Å². The smallest absolute Gasteiger partial charge is 0.332 e. The number of amides is 1.